The van der Waals surface area contributed by atoms with Gasteiger partial charge in [0.15, 0.2) is 11.5 Å². The van der Waals surface area contributed by atoms with Gasteiger partial charge in [0.1, 0.15) is 11.5 Å². The maximum Gasteiger partial charge on any atom is 0.586 e. The fraction of sp³-hybridized carbons (Fsp3) is 0.190. The number of fused-ring (bicyclic) bond motifs is 2. The number of amides is 1. The zero-order valence-electron chi connectivity index (χ0n) is 16.2. The summed E-state index contributed by atoms with van der Waals surface area (Å²) in [6.45, 7) is -0.475. The van der Waals surface area contributed by atoms with Gasteiger partial charge in [0.25, 0.3) is 5.91 Å². The first kappa shape index (κ1) is 21.1. The van der Waals surface area contributed by atoms with Crippen LogP contribution in [0.5, 0.6) is 17.2 Å². The number of phenols is 1. The van der Waals surface area contributed by atoms with Crippen molar-refractivity contribution in [2.75, 3.05) is 4.90 Å². The number of hydrogen-bond donors (Lipinski definition) is 2. The number of aliphatic hydroxyl groups is 1. The summed E-state index contributed by atoms with van der Waals surface area (Å²) in [4.78, 5) is 14.3. The average Bonchev–Trinajstić information content (AvgIpc) is 3.37. The van der Waals surface area contributed by atoms with Crippen LogP contribution in [0.3, 0.4) is 0 Å². The van der Waals surface area contributed by atoms with Crippen LogP contribution in [0.4, 0.5) is 27.6 Å². The Morgan fingerprint density at radius 2 is 1.64 bits per heavy atom. The number of carbonyl (C=O) groups is 1. The topological polar surface area (TPSA) is 92.4 Å². The molecule has 0 bridgehead atoms. The van der Waals surface area contributed by atoms with Gasteiger partial charge in [-0.2, -0.15) is 13.2 Å². The Bertz CT molecular complexity index is 1290. The molecule has 2 aliphatic heterocycles. The van der Waals surface area contributed by atoms with Gasteiger partial charge in [-0.3, -0.25) is 4.79 Å². The quantitative estimate of drug-likeness (QED) is 0.561. The fourth-order valence-electron chi connectivity index (χ4n) is 3.90. The lowest BCUT2D eigenvalue weighted by Gasteiger charge is -2.24. The first-order valence-corrected chi connectivity index (χ1v) is 9.33. The molecule has 7 nitrogen and oxygen atoms in total. The fourth-order valence-corrected chi connectivity index (χ4v) is 3.90. The van der Waals surface area contributed by atoms with Crippen molar-refractivity contribution in [3.8, 4) is 17.2 Å². The Morgan fingerprint density at radius 3 is 2.30 bits per heavy atom. The monoisotopic (exact) mass is 469 g/mol. The van der Waals surface area contributed by atoms with E-state index in [0.29, 0.717) is 6.07 Å². The van der Waals surface area contributed by atoms with E-state index in [1.807, 2.05) is 0 Å². The van der Waals surface area contributed by atoms with Gasteiger partial charge in [-0.15, -0.1) is 8.78 Å². The van der Waals surface area contributed by atoms with Gasteiger partial charge >= 0.3 is 12.5 Å². The molecule has 1 aromatic heterocycles. The van der Waals surface area contributed by atoms with E-state index in [1.165, 1.54) is 24.3 Å². The highest BCUT2D eigenvalue weighted by Crippen LogP contribution is 2.52. The van der Waals surface area contributed by atoms with Crippen molar-refractivity contribution in [2.24, 2.45) is 0 Å². The van der Waals surface area contributed by atoms with E-state index in [-0.39, 0.29) is 17.0 Å². The van der Waals surface area contributed by atoms with Crippen molar-refractivity contribution < 1.29 is 50.9 Å². The zero-order valence-corrected chi connectivity index (χ0v) is 16.2. The number of nitrogens with zero attached hydrogens (tertiary/aromatic N) is 1. The molecule has 2 N–H and O–H groups in total. The van der Waals surface area contributed by atoms with E-state index in [0.717, 1.165) is 23.1 Å². The van der Waals surface area contributed by atoms with Crippen molar-refractivity contribution >= 4 is 11.6 Å². The Kier molecular flexibility index (Phi) is 4.22. The predicted molar refractivity (Wildman–Crippen MR) is 98.7 cm³/mol. The third-order valence-electron chi connectivity index (χ3n) is 5.30. The minimum atomic E-state index is -4.73. The number of carbonyl (C=O) groups excluding carboxylic acids is 1. The van der Waals surface area contributed by atoms with Crippen molar-refractivity contribution in [1.82, 2.24) is 0 Å². The van der Waals surface area contributed by atoms with Crippen molar-refractivity contribution in [2.45, 2.75) is 24.6 Å². The summed E-state index contributed by atoms with van der Waals surface area (Å²) in [5.41, 5.74) is -2.94. The SMILES string of the molecule is O=C1N(Cc2ccc(C(F)(F)F)o2)c2ccccc2C1(O)c1cc2c(cc1O)OC(F)(F)O2. The van der Waals surface area contributed by atoms with Gasteiger partial charge in [-0.05, 0) is 24.3 Å². The van der Waals surface area contributed by atoms with Crippen LogP contribution in [0.2, 0.25) is 0 Å². The number of ether oxygens (including phenoxy) is 2. The van der Waals surface area contributed by atoms with E-state index < -0.39 is 59.1 Å². The van der Waals surface area contributed by atoms with Crippen LogP contribution in [0.15, 0.2) is 52.9 Å². The van der Waals surface area contributed by atoms with E-state index >= 15 is 0 Å². The summed E-state index contributed by atoms with van der Waals surface area (Å²) >= 11 is 0. The van der Waals surface area contributed by atoms with Crippen LogP contribution < -0.4 is 14.4 Å². The molecule has 1 unspecified atom stereocenters. The average molecular weight is 469 g/mol. The number of benzene rings is 2. The van der Waals surface area contributed by atoms with Crippen molar-refractivity contribution in [1.29, 1.82) is 0 Å². The van der Waals surface area contributed by atoms with Gasteiger partial charge in [-0.1, -0.05) is 18.2 Å². The lowest BCUT2D eigenvalue weighted by molar-refractivity contribution is -0.286. The van der Waals surface area contributed by atoms with Crippen LogP contribution in [-0.4, -0.2) is 22.4 Å². The van der Waals surface area contributed by atoms with Crippen LogP contribution in [0.1, 0.15) is 22.6 Å². The number of phenolic OH excluding ortho intramolecular Hbond substituents is 1. The molecular formula is C21H12F5NO6. The van der Waals surface area contributed by atoms with E-state index in [1.54, 1.807) is 0 Å². The minimum Gasteiger partial charge on any atom is -0.507 e. The maximum atomic E-state index is 13.4. The van der Waals surface area contributed by atoms with Crippen LogP contribution >= 0.6 is 0 Å². The largest absolute Gasteiger partial charge is 0.586 e. The van der Waals surface area contributed by atoms with E-state index in [2.05, 4.69) is 9.47 Å². The third kappa shape index (κ3) is 3.17. The normalized spacial score (nSPS) is 20.9. The van der Waals surface area contributed by atoms with Gasteiger partial charge in [0, 0.05) is 17.2 Å². The third-order valence-corrected chi connectivity index (χ3v) is 5.30. The molecule has 0 saturated carbocycles. The Balaban J connectivity index is 1.58. The first-order chi connectivity index (χ1) is 15.4. The minimum absolute atomic E-state index is 0.0291. The molecule has 12 heteroatoms. The second kappa shape index (κ2) is 6.61. The number of furan rings is 1. The van der Waals surface area contributed by atoms with Crippen LogP contribution in [-0.2, 0) is 23.1 Å². The van der Waals surface area contributed by atoms with Gasteiger partial charge < -0.3 is 29.0 Å². The molecule has 5 rings (SSSR count). The Morgan fingerprint density at radius 1 is 0.970 bits per heavy atom. The van der Waals surface area contributed by atoms with E-state index in [9.17, 15) is 37.0 Å². The molecule has 0 aliphatic carbocycles. The molecule has 1 amide bonds. The number of hydrogen-bond acceptors (Lipinski definition) is 6. The molecule has 2 aromatic carbocycles. The van der Waals surface area contributed by atoms with Crippen molar-refractivity contribution in [3.05, 3.63) is 71.2 Å². The second-order valence-electron chi connectivity index (χ2n) is 7.37. The molecular weight excluding hydrogens is 457 g/mol. The Hall–Kier alpha value is -3.80. The summed E-state index contributed by atoms with van der Waals surface area (Å²) in [5.74, 6) is -4.29. The standard InChI is InChI=1S/C21H12F5NO6/c22-20(23,24)17-6-5-10(31-17)9-27-13-4-2-1-3-11(13)19(30,18(27)29)12-7-15-16(8-14(12)28)33-21(25,26)32-15/h1-8,28,30H,9H2. The Labute approximate surface area is 181 Å². The molecule has 0 saturated heterocycles. The highest BCUT2D eigenvalue weighted by atomic mass is 19.4. The number of alkyl halides is 5. The van der Waals surface area contributed by atoms with Gasteiger partial charge in [0.05, 0.1) is 12.2 Å². The summed E-state index contributed by atoms with van der Waals surface area (Å²) in [6.07, 6.45) is -8.73. The predicted octanol–water partition coefficient (Wildman–Crippen LogP) is 4.11. The molecule has 33 heavy (non-hydrogen) atoms. The summed E-state index contributed by atoms with van der Waals surface area (Å²) in [6, 6.07) is 9.14. The lowest BCUT2D eigenvalue weighted by Crippen LogP contribution is -2.40. The van der Waals surface area contributed by atoms with Crippen LogP contribution in [0.25, 0.3) is 0 Å². The number of anilines is 1. The molecule has 2 aliphatic rings. The van der Waals surface area contributed by atoms with Crippen molar-refractivity contribution in [3.63, 3.8) is 0 Å². The van der Waals surface area contributed by atoms with Gasteiger partial charge in [-0.25, -0.2) is 0 Å². The summed E-state index contributed by atoms with van der Waals surface area (Å²) < 4.78 is 78.8. The second-order valence-corrected chi connectivity index (χ2v) is 7.37. The number of aromatic hydroxyl groups is 1. The lowest BCUT2D eigenvalue weighted by atomic mass is 9.86. The maximum absolute atomic E-state index is 13.4. The molecule has 3 heterocycles. The number of rotatable bonds is 3. The molecule has 0 spiro atoms. The molecule has 3 aromatic rings. The highest BCUT2D eigenvalue weighted by molar-refractivity contribution is 6.09. The number of halogens is 5. The summed E-state index contributed by atoms with van der Waals surface area (Å²) in [7, 11) is 0. The zero-order chi connectivity index (χ0) is 23.8. The molecule has 0 fully saturated rings. The first-order valence-electron chi connectivity index (χ1n) is 9.33. The smallest absolute Gasteiger partial charge is 0.507 e. The van der Waals surface area contributed by atoms with E-state index in [4.69, 9.17) is 4.42 Å². The van der Waals surface area contributed by atoms with Gasteiger partial charge in [0.2, 0.25) is 11.4 Å². The summed E-state index contributed by atoms with van der Waals surface area (Å²) in [5, 5.41) is 21.9. The molecule has 0 radical (unpaired) electrons. The van der Waals surface area contributed by atoms with Crippen LogP contribution in [0, 0.1) is 0 Å². The molecule has 1 atom stereocenters. The highest BCUT2D eigenvalue weighted by Gasteiger charge is 2.54. The molecule has 172 valence electrons. The number of para-hydroxylation sites is 1.